The lowest BCUT2D eigenvalue weighted by molar-refractivity contribution is -0.142. The van der Waals surface area contributed by atoms with Gasteiger partial charge in [0.1, 0.15) is 29.8 Å². The molecule has 1 atom stereocenters. The summed E-state index contributed by atoms with van der Waals surface area (Å²) in [6, 6.07) is 32.7. The maximum absolute atomic E-state index is 13.1. The fourth-order valence-electron chi connectivity index (χ4n) is 3.58. The van der Waals surface area contributed by atoms with Crippen LogP contribution in [0.2, 0.25) is 0 Å². The minimum absolute atomic E-state index is 0.123. The summed E-state index contributed by atoms with van der Waals surface area (Å²) < 4.78 is 5.48. The Bertz CT molecular complexity index is 840. The number of ether oxygens (including phenoxy) is 1. The molecule has 1 unspecified atom stereocenters. The minimum atomic E-state index is -2.31. The third kappa shape index (κ3) is 3.84. The molecule has 3 aromatic rings. The van der Waals surface area contributed by atoms with Gasteiger partial charge in [0, 0.05) is 0 Å². The Labute approximate surface area is 166 Å². The molecule has 0 saturated heterocycles. The fraction of sp³-hybridized carbons (Fsp3) is 0.167. The van der Waals surface area contributed by atoms with Crippen molar-refractivity contribution in [1.82, 2.24) is 0 Å². The number of nitrogens with zero attached hydrogens (tertiary/aromatic N) is 1. The zero-order chi connectivity index (χ0) is 19.8. The van der Waals surface area contributed by atoms with Crippen LogP contribution in [0.1, 0.15) is 13.3 Å². The molecule has 4 heteroatoms. The molecule has 0 aliphatic carbocycles. The maximum atomic E-state index is 13.1. The molecule has 0 aliphatic heterocycles. The van der Waals surface area contributed by atoms with Gasteiger partial charge in [0.2, 0.25) is 0 Å². The largest absolute Gasteiger partial charge is 0.462 e. The van der Waals surface area contributed by atoms with Crippen molar-refractivity contribution in [2.45, 2.75) is 19.0 Å². The molecule has 0 heterocycles. The summed E-state index contributed by atoms with van der Waals surface area (Å²) in [6.07, 6.45) is 0.200. The second kappa shape index (κ2) is 9.31. The number of hydrogen-bond acceptors (Lipinski definition) is 3. The molecule has 0 saturated carbocycles. The van der Waals surface area contributed by atoms with E-state index in [0.29, 0.717) is 0 Å². The first-order valence-electron chi connectivity index (χ1n) is 9.30. The quantitative estimate of drug-likeness (QED) is 0.351. The molecule has 0 aliphatic rings. The van der Waals surface area contributed by atoms with E-state index < -0.39 is 7.26 Å². The summed E-state index contributed by atoms with van der Waals surface area (Å²) in [5, 5.41) is 12.2. The van der Waals surface area contributed by atoms with Crippen LogP contribution in [0.5, 0.6) is 0 Å². The number of rotatable bonds is 7. The second-order valence-corrected chi connectivity index (χ2v) is 10.3. The second-order valence-electron chi connectivity index (χ2n) is 6.48. The molecule has 3 rings (SSSR count). The highest BCUT2D eigenvalue weighted by molar-refractivity contribution is 7.96. The molecule has 0 amide bonds. The Morgan fingerprint density at radius 1 is 0.857 bits per heavy atom. The highest BCUT2D eigenvalue weighted by atomic mass is 31.2. The van der Waals surface area contributed by atoms with E-state index in [-0.39, 0.29) is 24.7 Å². The van der Waals surface area contributed by atoms with Crippen molar-refractivity contribution in [3.63, 3.8) is 0 Å². The predicted molar refractivity (Wildman–Crippen MR) is 116 cm³/mol. The number of carbonyl (C=O) groups excluding carboxylic acids is 1. The fourth-order valence-corrected chi connectivity index (χ4v) is 8.14. The van der Waals surface area contributed by atoms with E-state index in [4.69, 9.17) is 10.00 Å². The van der Waals surface area contributed by atoms with Gasteiger partial charge in [-0.3, -0.25) is 0 Å². The van der Waals surface area contributed by atoms with Crippen LogP contribution in [0.4, 0.5) is 0 Å². The molecule has 0 fully saturated rings. The third-order valence-electron chi connectivity index (χ3n) is 4.87. The molecule has 0 aromatic heterocycles. The smallest absolute Gasteiger partial charge is 0.347 e. The van der Waals surface area contributed by atoms with Crippen LogP contribution >= 0.6 is 7.26 Å². The standard InChI is InChI=1S/C24H23NO2P/c1-20(24(26)27-19-11-18-25)28(21-12-5-2-6-13-21,22-14-7-3-8-15-22)23-16-9-4-10-17-23/h2-10,12-17,20H,11,19H2,1H3/q+1. The lowest BCUT2D eigenvalue weighted by Crippen LogP contribution is -2.41. The highest BCUT2D eigenvalue weighted by Gasteiger charge is 2.54. The summed E-state index contributed by atoms with van der Waals surface area (Å²) in [5.41, 5.74) is -0.376. The third-order valence-corrected chi connectivity index (χ3v) is 9.58. The minimum Gasteiger partial charge on any atom is -0.462 e. The number of benzene rings is 3. The zero-order valence-corrected chi connectivity index (χ0v) is 16.8. The van der Waals surface area contributed by atoms with Gasteiger partial charge in [0.25, 0.3) is 0 Å². The zero-order valence-electron chi connectivity index (χ0n) is 15.9. The van der Waals surface area contributed by atoms with E-state index in [1.165, 1.54) is 0 Å². The van der Waals surface area contributed by atoms with Crippen LogP contribution in [-0.4, -0.2) is 18.2 Å². The lowest BCUT2D eigenvalue weighted by Gasteiger charge is -2.31. The number of hydrogen-bond donors (Lipinski definition) is 0. The van der Waals surface area contributed by atoms with Gasteiger partial charge in [0.05, 0.1) is 12.5 Å². The Hall–Kier alpha value is -2.95. The van der Waals surface area contributed by atoms with Crippen molar-refractivity contribution < 1.29 is 9.53 Å². The van der Waals surface area contributed by atoms with E-state index in [1.807, 2.05) is 67.6 Å². The van der Waals surface area contributed by atoms with E-state index in [0.717, 1.165) is 15.9 Å². The van der Waals surface area contributed by atoms with Crippen molar-refractivity contribution >= 4 is 29.1 Å². The molecule has 0 radical (unpaired) electrons. The number of esters is 1. The van der Waals surface area contributed by atoms with Gasteiger partial charge < -0.3 is 4.74 Å². The van der Waals surface area contributed by atoms with Crippen molar-refractivity contribution in [1.29, 1.82) is 5.26 Å². The van der Waals surface area contributed by atoms with Crippen LogP contribution < -0.4 is 15.9 Å². The maximum Gasteiger partial charge on any atom is 0.347 e. The molecular formula is C24H23NO2P+. The van der Waals surface area contributed by atoms with Gasteiger partial charge in [0.15, 0.2) is 5.66 Å². The van der Waals surface area contributed by atoms with Crippen molar-refractivity contribution in [3.8, 4) is 6.07 Å². The molecule has 0 spiro atoms. The summed E-state index contributed by atoms with van der Waals surface area (Å²) in [4.78, 5) is 13.1. The first-order chi connectivity index (χ1) is 13.7. The van der Waals surface area contributed by atoms with E-state index in [1.54, 1.807) is 0 Å². The monoisotopic (exact) mass is 388 g/mol. The number of carbonyl (C=O) groups is 1. The summed E-state index contributed by atoms with van der Waals surface area (Å²) in [7, 11) is -2.31. The van der Waals surface area contributed by atoms with Gasteiger partial charge in [-0.15, -0.1) is 0 Å². The molecule has 0 bridgehead atoms. The van der Waals surface area contributed by atoms with E-state index in [2.05, 4.69) is 36.4 Å². The Morgan fingerprint density at radius 3 is 1.61 bits per heavy atom. The van der Waals surface area contributed by atoms with Crippen LogP contribution in [0.3, 0.4) is 0 Å². The average molecular weight is 388 g/mol. The van der Waals surface area contributed by atoms with Gasteiger partial charge in [-0.2, -0.15) is 5.26 Å². The summed E-state index contributed by atoms with van der Waals surface area (Å²) >= 11 is 0. The molecule has 3 nitrogen and oxygen atoms in total. The molecule has 0 N–H and O–H groups in total. The van der Waals surface area contributed by atoms with Crippen molar-refractivity contribution in [2.75, 3.05) is 6.61 Å². The van der Waals surface area contributed by atoms with Gasteiger partial charge >= 0.3 is 5.97 Å². The topological polar surface area (TPSA) is 50.1 Å². The Kier molecular flexibility index (Phi) is 6.58. The first-order valence-corrected chi connectivity index (χ1v) is 11.2. The normalized spacial score (nSPS) is 12.0. The van der Waals surface area contributed by atoms with Crippen LogP contribution in [0, 0.1) is 11.3 Å². The van der Waals surface area contributed by atoms with Gasteiger partial charge in [-0.25, -0.2) is 4.79 Å². The Balaban J connectivity index is 2.22. The average Bonchev–Trinajstić information content (AvgIpc) is 2.76. The van der Waals surface area contributed by atoms with Crippen LogP contribution in [-0.2, 0) is 9.53 Å². The van der Waals surface area contributed by atoms with Crippen LogP contribution in [0.25, 0.3) is 0 Å². The van der Waals surface area contributed by atoms with Crippen molar-refractivity contribution in [2.24, 2.45) is 0 Å². The lowest BCUT2D eigenvalue weighted by atomic mass is 10.3. The Morgan fingerprint density at radius 2 is 1.25 bits per heavy atom. The molecule has 3 aromatic carbocycles. The highest BCUT2D eigenvalue weighted by Crippen LogP contribution is 2.59. The summed E-state index contributed by atoms with van der Waals surface area (Å²) in [6.45, 7) is 2.08. The molecule has 140 valence electrons. The van der Waals surface area contributed by atoms with Gasteiger partial charge in [-0.1, -0.05) is 54.6 Å². The predicted octanol–water partition coefficient (Wildman–Crippen LogP) is 3.83. The SMILES string of the molecule is CC(C(=O)OCCC#N)[P+](c1ccccc1)(c1ccccc1)c1ccccc1. The first kappa shape index (κ1) is 19.8. The molecule has 28 heavy (non-hydrogen) atoms. The number of nitriles is 1. The summed E-state index contributed by atoms with van der Waals surface area (Å²) in [5.74, 6) is -0.264. The van der Waals surface area contributed by atoms with E-state index >= 15 is 0 Å². The van der Waals surface area contributed by atoms with Crippen molar-refractivity contribution in [3.05, 3.63) is 91.0 Å². The molecular weight excluding hydrogens is 365 g/mol. The van der Waals surface area contributed by atoms with E-state index in [9.17, 15) is 4.79 Å². The van der Waals surface area contributed by atoms with Crippen LogP contribution in [0.15, 0.2) is 91.0 Å². The van der Waals surface area contributed by atoms with Gasteiger partial charge in [-0.05, 0) is 43.3 Å².